The topological polar surface area (TPSA) is 38.3 Å². The highest BCUT2D eigenvalue weighted by Crippen LogP contribution is 2.22. The summed E-state index contributed by atoms with van der Waals surface area (Å²) >= 11 is 5.84. The number of benzene rings is 2. The second-order valence-corrected chi connectivity index (χ2v) is 4.84. The number of halogens is 2. The van der Waals surface area contributed by atoms with E-state index in [4.69, 9.17) is 16.3 Å². The maximum Gasteiger partial charge on any atom is 0.224 e. The van der Waals surface area contributed by atoms with E-state index in [-0.39, 0.29) is 10.9 Å². The van der Waals surface area contributed by atoms with Crippen LogP contribution in [-0.4, -0.2) is 12.5 Å². The van der Waals surface area contributed by atoms with Gasteiger partial charge in [-0.2, -0.15) is 0 Å². The summed E-state index contributed by atoms with van der Waals surface area (Å²) in [6.45, 7) is 0.453. The van der Waals surface area contributed by atoms with Crippen LogP contribution in [0.2, 0.25) is 5.02 Å². The van der Waals surface area contributed by atoms with Crippen molar-refractivity contribution in [2.45, 2.75) is 12.8 Å². The van der Waals surface area contributed by atoms with Gasteiger partial charge in [-0.15, -0.1) is 0 Å². The summed E-state index contributed by atoms with van der Waals surface area (Å²) in [5.74, 6) is 0.161. The third kappa shape index (κ3) is 5.08. The van der Waals surface area contributed by atoms with E-state index < -0.39 is 5.82 Å². The minimum Gasteiger partial charge on any atom is -0.494 e. The molecule has 0 bridgehead atoms. The van der Waals surface area contributed by atoms with Crippen molar-refractivity contribution in [1.82, 2.24) is 0 Å². The van der Waals surface area contributed by atoms with Crippen LogP contribution in [0.1, 0.15) is 12.8 Å². The molecule has 0 unspecified atom stereocenters. The second kappa shape index (κ2) is 7.64. The molecule has 1 amide bonds. The minimum absolute atomic E-state index is 0.180. The maximum absolute atomic E-state index is 12.9. The van der Waals surface area contributed by atoms with Gasteiger partial charge in [0.05, 0.1) is 17.3 Å². The number of carbonyl (C=O) groups is 1. The molecule has 0 saturated heterocycles. The van der Waals surface area contributed by atoms with Crippen LogP contribution in [0.15, 0.2) is 48.5 Å². The highest BCUT2D eigenvalue weighted by Gasteiger charge is 2.06. The van der Waals surface area contributed by atoms with Gasteiger partial charge < -0.3 is 10.1 Å². The summed E-state index contributed by atoms with van der Waals surface area (Å²) in [5, 5.41) is 2.83. The van der Waals surface area contributed by atoms with Crippen molar-refractivity contribution in [3.05, 3.63) is 59.4 Å². The van der Waals surface area contributed by atoms with Gasteiger partial charge in [0.1, 0.15) is 11.6 Å². The summed E-state index contributed by atoms with van der Waals surface area (Å²) in [5.41, 5.74) is 0.409. The van der Waals surface area contributed by atoms with Crippen molar-refractivity contribution in [1.29, 1.82) is 0 Å². The highest BCUT2D eigenvalue weighted by molar-refractivity contribution is 6.33. The van der Waals surface area contributed by atoms with E-state index in [9.17, 15) is 9.18 Å². The SMILES string of the molecule is O=C(CCCOc1ccccc1)Nc1ccc(F)cc1Cl. The van der Waals surface area contributed by atoms with Gasteiger partial charge >= 0.3 is 0 Å². The van der Waals surface area contributed by atoms with E-state index >= 15 is 0 Å². The molecule has 5 heteroatoms. The number of carbonyl (C=O) groups excluding carboxylic acids is 1. The van der Waals surface area contributed by atoms with Gasteiger partial charge in [-0.05, 0) is 36.8 Å². The fraction of sp³-hybridized carbons (Fsp3) is 0.188. The molecule has 0 aliphatic carbocycles. The predicted molar refractivity (Wildman–Crippen MR) is 81.2 cm³/mol. The normalized spacial score (nSPS) is 10.2. The average molecular weight is 308 g/mol. The number of amides is 1. The van der Waals surface area contributed by atoms with Crippen LogP contribution in [0.5, 0.6) is 5.75 Å². The quantitative estimate of drug-likeness (QED) is 0.809. The van der Waals surface area contributed by atoms with Gasteiger partial charge in [-0.1, -0.05) is 29.8 Å². The van der Waals surface area contributed by atoms with Crippen molar-refractivity contribution < 1.29 is 13.9 Å². The van der Waals surface area contributed by atoms with Crippen LogP contribution in [-0.2, 0) is 4.79 Å². The van der Waals surface area contributed by atoms with Gasteiger partial charge in [-0.25, -0.2) is 4.39 Å². The van der Waals surface area contributed by atoms with Crippen molar-refractivity contribution in [2.75, 3.05) is 11.9 Å². The third-order valence-corrected chi connectivity index (χ3v) is 3.08. The molecule has 2 aromatic rings. The van der Waals surface area contributed by atoms with Crippen molar-refractivity contribution in [2.24, 2.45) is 0 Å². The van der Waals surface area contributed by atoms with Gasteiger partial charge in [0.2, 0.25) is 5.91 Å². The van der Waals surface area contributed by atoms with E-state index in [0.717, 1.165) is 11.8 Å². The zero-order valence-electron chi connectivity index (χ0n) is 11.3. The van der Waals surface area contributed by atoms with Gasteiger partial charge in [0, 0.05) is 6.42 Å². The number of hydrogen-bond donors (Lipinski definition) is 1. The Morgan fingerprint density at radius 3 is 2.67 bits per heavy atom. The zero-order chi connectivity index (χ0) is 15.1. The first-order valence-electron chi connectivity index (χ1n) is 6.58. The van der Waals surface area contributed by atoms with Crippen LogP contribution >= 0.6 is 11.6 Å². The summed E-state index contributed by atoms with van der Waals surface area (Å²) in [7, 11) is 0. The lowest BCUT2D eigenvalue weighted by molar-refractivity contribution is -0.116. The Bertz CT molecular complexity index is 604. The molecule has 2 rings (SSSR count). The number of nitrogens with one attached hydrogen (secondary N) is 1. The molecule has 0 saturated carbocycles. The number of ether oxygens (including phenoxy) is 1. The van der Waals surface area contributed by atoms with E-state index in [2.05, 4.69) is 5.32 Å². The van der Waals surface area contributed by atoms with Crippen molar-refractivity contribution in [3.8, 4) is 5.75 Å². The fourth-order valence-electron chi connectivity index (χ4n) is 1.74. The Morgan fingerprint density at radius 2 is 1.95 bits per heavy atom. The number of hydrogen-bond acceptors (Lipinski definition) is 2. The van der Waals surface area contributed by atoms with Crippen molar-refractivity contribution >= 4 is 23.2 Å². The first kappa shape index (κ1) is 15.3. The van der Waals surface area contributed by atoms with Crippen LogP contribution in [0, 0.1) is 5.82 Å². The van der Waals surface area contributed by atoms with Gasteiger partial charge in [-0.3, -0.25) is 4.79 Å². The fourth-order valence-corrected chi connectivity index (χ4v) is 1.96. The molecule has 0 atom stereocenters. The summed E-state index contributed by atoms with van der Waals surface area (Å²) < 4.78 is 18.4. The molecule has 3 nitrogen and oxygen atoms in total. The van der Waals surface area contributed by atoms with Crippen LogP contribution < -0.4 is 10.1 Å². The number of para-hydroxylation sites is 1. The van der Waals surface area contributed by atoms with Crippen molar-refractivity contribution in [3.63, 3.8) is 0 Å². The molecule has 0 aliphatic heterocycles. The van der Waals surface area contributed by atoms with E-state index in [1.165, 1.54) is 12.1 Å². The third-order valence-electron chi connectivity index (χ3n) is 2.77. The molecule has 0 fully saturated rings. The highest BCUT2D eigenvalue weighted by atomic mass is 35.5. The molecule has 0 aliphatic rings. The molecule has 110 valence electrons. The van der Waals surface area contributed by atoms with E-state index in [1.807, 2.05) is 30.3 Å². The Morgan fingerprint density at radius 1 is 1.19 bits per heavy atom. The Kier molecular flexibility index (Phi) is 5.58. The first-order valence-corrected chi connectivity index (χ1v) is 6.96. The Hall–Kier alpha value is -2.07. The largest absolute Gasteiger partial charge is 0.494 e. The Labute approximate surface area is 127 Å². The lowest BCUT2D eigenvalue weighted by Gasteiger charge is -2.08. The monoisotopic (exact) mass is 307 g/mol. The molecule has 1 N–H and O–H groups in total. The Balaban J connectivity index is 1.72. The lowest BCUT2D eigenvalue weighted by atomic mass is 10.2. The standard InChI is InChI=1S/C16H15ClFNO2/c17-14-11-12(18)8-9-15(14)19-16(20)7-4-10-21-13-5-2-1-3-6-13/h1-3,5-6,8-9,11H,4,7,10H2,(H,19,20). The first-order chi connectivity index (χ1) is 10.1. The van der Waals surface area contributed by atoms with Gasteiger partial charge in [0.25, 0.3) is 0 Å². The molecule has 0 aromatic heterocycles. The maximum atomic E-state index is 12.9. The summed E-state index contributed by atoms with van der Waals surface area (Å²) in [6.07, 6.45) is 0.889. The van der Waals surface area contributed by atoms with Gasteiger partial charge in [0.15, 0.2) is 0 Å². The molecule has 0 heterocycles. The van der Waals surface area contributed by atoms with E-state index in [0.29, 0.717) is 25.1 Å². The summed E-state index contributed by atoms with van der Waals surface area (Å²) in [6, 6.07) is 13.3. The average Bonchev–Trinajstić information content (AvgIpc) is 2.48. The minimum atomic E-state index is -0.436. The van der Waals surface area contributed by atoms with E-state index in [1.54, 1.807) is 0 Å². The second-order valence-electron chi connectivity index (χ2n) is 4.44. The molecule has 0 spiro atoms. The van der Waals surface area contributed by atoms with Crippen LogP contribution in [0.4, 0.5) is 10.1 Å². The smallest absolute Gasteiger partial charge is 0.224 e. The number of rotatable bonds is 6. The molecule has 2 aromatic carbocycles. The zero-order valence-corrected chi connectivity index (χ0v) is 12.1. The molecular formula is C16H15ClFNO2. The van der Waals surface area contributed by atoms with Crippen LogP contribution in [0.3, 0.4) is 0 Å². The van der Waals surface area contributed by atoms with Crippen LogP contribution in [0.25, 0.3) is 0 Å². The lowest BCUT2D eigenvalue weighted by Crippen LogP contribution is -2.13. The molecular weight excluding hydrogens is 293 g/mol. The summed E-state index contributed by atoms with van der Waals surface area (Å²) in [4.78, 5) is 11.7. The predicted octanol–water partition coefficient (Wildman–Crippen LogP) is 4.28. The molecule has 0 radical (unpaired) electrons. The number of anilines is 1. The molecule has 21 heavy (non-hydrogen) atoms.